The monoisotopic (exact) mass is 526 g/mol. The molecule has 0 saturated carbocycles. The van der Waals surface area contributed by atoms with Gasteiger partial charge >= 0.3 is 0 Å². The molecule has 1 atom stereocenters. The van der Waals surface area contributed by atoms with Crippen LogP contribution in [0.15, 0.2) is 83.7 Å². The highest BCUT2D eigenvalue weighted by molar-refractivity contribution is 6.30. The normalized spacial score (nSPS) is 12.8. The van der Waals surface area contributed by atoms with Gasteiger partial charge in [0, 0.05) is 23.7 Å². The Labute approximate surface area is 227 Å². The van der Waals surface area contributed by atoms with Crippen LogP contribution >= 0.6 is 11.6 Å². The first-order valence-electron chi connectivity index (χ1n) is 12.6. The number of tetrazole rings is 1. The molecule has 1 N–H and O–H groups in total. The molecule has 7 nitrogen and oxygen atoms in total. The Morgan fingerprint density at radius 1 is 0.947 bits per heavy atom. The number of fused-ring (bicyclic) bond motifs is 1. The summed E-state index contributed by atoms with van der Waals surface area (Å²) in [4.78, 5) is 19.1. The van der Waals surface area contributed by atoms with Crippen LogP contribution in [0.25, 0.3) is 10.9 Å². The van der Waals surface area contributed by atoms with Crippen LogP contribution in [0.1, 0.15) is 54.9 Å². The van der Waals surface area contributed by atoms with Crippen LogP contribution in [-0.2, 0) is 18.6 Å². The van der Waals surface area contributed by atoms with Crippen LogP contribution in [0, 0.1) is 6.92 Å². The van der Waals surface area contributed by atoms with Crippen molar-refractivity contribution in [2.45, 2.75) is 52.4 Å². The highest BCUT2D eigenvalue weighted by Gasteiger charge is 2.33. The van der Waals surface area contributed by atoms with Gasteiger partial charge < -0.3 is 4.98 Å². The molecule has 0 fully saturated rings. The Balaban J connectivity index is 1.73. The molecule has 0 radical (unpaired) electrons. The van der Waals surface area contributed by atoms with Gasteiger partial charge in [0.15, 0.2) is 5.82 Å². The number of hydrogen-bond acceptors (Lipinski definition) is 5. The van der Waals surface area contributed by atoms with E-state index < -0.39 is 11.6 Å². The minimum absolute atomic E-state index is 0.158. The molecule has 3 aromatic carbocycles. The zero-order valence-corrected chi connectivity index (χ0v) is 22.8. The summed E-state index contributed by atoms with van der Waals surface area (Å²) in [5.74, 6) is 0.611. The number of nitrogens with one attached hydrogen (secondary N) is 1. The minimum Gasteiger partial charge on any atom is -0.321 e. The predicted octanol–water partition coefficient (Wildman–Crippen LogP) is 6.02. The van der Waals surface area contributed by atoms with E-state index in [9.17, 15) is 4.79 Å². The molecule has 2 aromatic heterocycles. The zero-order valence-electron chi connectivity index (χ0n) is 22.0. The Hall–Kier alpha value is -3.81. The highest BCUT2D eigenvalue weighted by Crippen LogP contribution is 2.32. The Morgan fingerprint density at radius 3 is 2.32 bits per heavy atom. The van der Waals surface area contributed by atoms with Gasteiger partial charge in [-0.15, -0.1) is 5.10 Å². The van der Waals surface area contributed by atoms with Crippen LogP contribution < -0.4 is 5.56 Å². The maximum absolute atomic E-state index is 13.8. The Bertz CT molecular complexity index is 1600. The number of benzene rings is 3. The molecule has 0 bridgehead atoms. The largest absolute Gasteiger partial charge is 0.321 e. The molecule has 5 rings (SSSR count). The second-order valence-corrected chi connectivity index (χ2v) is 11.1. The lowest BCUT2D eigenvalue weighted by Gasteiger charge is -2.33. The summed E-state index contributed by atoms with van der Waals surface area (Å²) in [6.45, 7) is 9.29. The fourth-order valence-electron chi connectivity index (χ4n) is 4.83. The van der Waals surface area contributed by atoms with E-state index in [-0.39, 0.29) is 5.56 Å². The topological polar surface area (TPSA) is 79.7 Å². The molecule has 0 saturated heterocycles. The van der Waals surface area contributed by atoms with E-state index in [0.717, 1.165) is 27.6 Å². The zero-order chi connectivity index (χ0) is 26.9. The molecule has 0 aliphatic rings. The highest BCUT2D eigenvalue weighted by atomic mass is 35.5. The number of aromatic amines is 1. The standard InChI is InChI=1S/C30H31ClN6O/c1-20-9-8-12-23-17-25(29(38)32-26(20)23)27(28-33-34-35-37(28)30(2,3)4)36(18-21-10-6-5-7-11-21)19-22-13-15-24(31)16-14-22/h5-17,27H,18-19H2,1-4H3,(H,32,38). The quantitative estimate of drug-likeness (QED) is 0.280. The van der Waals surface area contributed by atoms with Crippen molar-refractivity contribution in [1.29, 1.82) is 0 Å². The fourth-order valence-corrected chi connectivity index (χ4v) is 4.95. The molecule has 38 heavy (non-hydrogen) atoms. The van der Waals surface area contributed by atoms with E-state index in [1.807, 2.05) is 78.3 Å². The predicted molar refractivity (Wildman–Crippen MR) is 151 cm³/mol. The van der Waals surface area contributed by atoms with Gasteiger partial charge in [0.25, 0.3) is 5.56 Å². The second kappa shape index (κ2) is 10.5. The van der Waals surface area contributed by atoms with E-state index in [0.29, 0.717) is 29.5 Å². The first-order chi connectivity index (χ1) is 18.2. The van der Waals surface area contributed by atoms with Crippen LogP contribution in [0.5, 0.6) is 0 Å². The summed E-state index contributed by atoms with van der Waals surface area (Å²) in [6.07, 6.45) is 0. The third kappa shape index (κ3) is 5.39. The van der Waals surface area contributed by atoms with Crippen molar-refractivity contribution in [2.24, 2.45) is 0 Å². The lowest BCUT2D eigenvalue weighted by molar-refractivity contribution is 0.184. The number of hydrogen-bond donors (Lipinski definition) is 1. The molecule has 0 aliphatic carbocycles. The number of H-pyrrole nitrogens is 1. The first kappa shape index (κ1) is 25.8. The summed E-state index contributed by atoms with van der Waals surface area (Å²) >= 11 is 6.19. The lowest BCUT2D eigenvalue weighted by atomic mass is 9.99. The van der Waals surface area contributed by atoms with Crippen LogP contribution in [0.2, 0.25) is 5.02 Å². The lowest BCUT2D eigenvalue weighted by Crippen LogP contribution is -2.37. The third-order valence-corrected chi connectivity index (χ3v) is 6.93. The van der Waals surface area contributed by atoms with Gasteiger partial charge in [-0.1, -0.05) is 72.3 Å². The molecular formula is C30H31ClN6O. The van der Waals surface area contributed by atoms with Gasteiger partial charge in [-0.05, 0) is 78.4 Å². The molecule has 5 aromatic rings. The average molecular weight is 527 g/mol. The number of halogens is 1. The van der Waals surface area contributed by atoms with Crippen molar-refractivity contribution in [3.8, 4) is 0 Å². The van der Waals surface area contributed by atoms with Gasteiger partial charge in [-0.2, -0.15) is 0 Å². The summed E-state index contributed by atoms with van der Waals surface area (Å²) in [5, 5.41) is 14.5. The van der Waals surface area contributed by atoms with Crippen LogP contribution in [0.4, 0.5) is 0 Å². The number of rotatable bonds is 7. The first-order valence-corrected chi connectivity index (χ1v) is 13.0. The number of aromatic nitrogens is 5. The van der Waals surface area contributed by atoms with E-state index >= 15 is 0 Å². The van der Waals surface area contributed by atoms with Gasteiger partial charge in [0.1, 0.15) is 6.04 Å². The summed E-state index contributed by atoms with van der Waals surface area (Å²) in [7, 11) is 0. The molecule has 0 amide bonds. The van der Waals surface area contributed by atoms with Crippen LogP contribution in [-0.4, -0.2) is 30.1 Å². The summed E-state index contributed by atoms with van der Waals surface area (Å²) in [6, 6.07) is 25.5. The van der Waals surface area contributed by atoms with Crippen LogP contribution in [0.3, 0.4) is 0 Å². The van der Waals surface area contributed by atoms with Crippen molar-refractivity contribution in [2.75, 3.05) is 0 Å². The van der Waals surface area contributed by atoms with Crippen molar-refractivity contribution in [3.63, 3.8) is 0 Å². The number of para-hydroxylation sites is 1. The van der Waals surface area contributed by atoms with Crippen molar-refractivity contribution >= 4 is 22.5 Å². The van der Waals surface area contributed by atoms with Gasteiger partial charge in [-0.3, -0.25) is 9.69 Å². The van der Waals surface area contributed by atoms with E-state index in [1.165, 1.54) is 0 Å². The van der Waals surface area contributed by atoms with Crippen molar-refractivity contribution in [1.82, 2.24) is 30.1 Å². The van der Waals surface area contributed by atoms with Crippen molar-refractivity contribution in [3.05, 3.63) is 122 Å². The molecule has 0 aliphatic heterocycles. The third-order valence-electron chi connectivity index (χ3n) is 6.68. The number of nitrogens with zero attached hydrogens (tertiary/aromatic N) is 5. The van der Waals surface area contributed by atoms with E-state index in [2.05, 4.69) is 58.3 Å². The molecule has 0 spiro atoms. The van der Waals surface area contributed by atoms with Crippen molar-refractivity contribution < 1.29 is 0 Å². The molecule has 8 heteroatoms. The van der Waals surface area contributed by atoms with Gasteiger partial charge in [0.05, 0.1) is 11.1 Å². The average Bonchev–Trinajstić information content (AvgIpc) is 3.37. The summed E-state index contributed by atoms with van der Waals surface area (Å²) in [5.41, 5.74) is 4.08. The molecule has 194 valence electrons. The Kier molecular flexibility index (Phi) is 7.15. The molecule has 1 unspecified atom stereocenters. The molecule has 2 heterocycles. The van der Waals surface area contributed by atoms with E-state index in [1.54, 1.807) is 0 Å². The summed E-state index contributed by atoms with van der Waals surface area (Å²) < 4.78 is 1.82. The minimum atomic E-state index is -0.520. The van der Waals surface area contributed by atoms with Gasteiger partial charge in [0.2, 0.25) is 0 Å². The maximum atomic E-state index is 13.8. The number of aryl methyl sites for hydroxylation is 1. The second-order valence-electron chi connectivity index (χ2n) is 10.6. The smallest absolute Gasteiger partial charge is 0.253 e. The number of pyridine rings is 1. The fraction of sp³-hybridized carbons (Fsp3) is 0.267. The Morgan fingerprint density at radius 2 is 1.63 bits per heavy atom. The molecular weight excluding hydrogens is 496 g/mol. The van der Waals surface area contributed by atoms with Gasteiger partial charge in [-0.25, -0.2) is 4.68 Å². The SMILES string of the molecule is Cc1cccc2cc(C(c3nnnn3C(C)(C)C)N(Cc3ccccc3)Cc3ccc(Cl)cc3)c(=O)[nH]c12. The maximum Gasteiger partial charge on any atom is 0.253 e. The van der Waals surface area contributed by atoms with E-state index in [4.69, 9.17) is 11.6 Å².